The van der Waals surface area contributed by atoms with E-state index in [0.29, 0.717) is 0 Å². The fourth-order valence-corrected chi connectivity index (χ4v) is 2.07. The predicted molar refractivity (Wildman–Crippen MR) is 89.1 cm³/mol. The SMILES string of the molecule is CC(C)(C)NC(=O)NC(=O)Cn1cnc2ccc([N+](=O)[O-])cc2c1=O. The molecule has 0 aliphatic heterocycles. The molecular weight excluding hydrogens is 330 g/mol. The van der Waals surface area contributed by atoms with Crippen LogP contribution in [0, 0.1) is 10.1 Å². The molecule has 3 amide bonds. The number of carbonyl (C=O) groups is 2. The highest BCUT2D eigenvalue weighted by molar-refractivity contribution is 5.94. The number of carbonyl (C=O) groups excluding carboxylic acids is 2. The van der Waals surface area contributed by atoms with Gasteiger partial charge in [-0.3, -0.25) is 29.6 Å². The van der Waals surface area contributed by atoms with Gasteiger partial charge in [-0.25, -0.2) is 9.78 Å². The molecule has 0 aliphatic carbocycles. The number of rotatable bonds is 3. The van der Waals surface area contributed by atoms with Crippen molar-refractivity contribution in [2.75, 3.05) is 0 Å². The van der Waals surface area contributed by atoms with Gasteiger partial charge in [0.2, 0.25) is 5.91 Å². The van der Waals surface area contributed by atoms with Crippen LogP contribution in [0.15, 0.2) is 29.3 Å². The number of fused-ring (bicyclic) bond motifs is 1. The van der Waals surface area contributed by atoms with Crippen molar-refractivity contribution in [2.45, 2.75) is 32.9 Å². The van der Waals surface area contributed by atoms with Crippen LogP contribution in [0.4, 0.5) is 10.5 Å². The summed E-state index contributed by atoms with van der Waals surface area (Å²) in [6, 6.07) is 3.01. The number of nitro groups is 1. The van der Waals surface area contributed by atoms with Crippen molar-refractivity contribution in [3.8, 4) is 0 Å². The van der Waals surface area contributed by atoms with E-state index >= 15 is 0 Å². The van der Waals surface area contributed by atoms with Gasteiger partial charge in [-0.1, -0.05) is 0 Å². The normalized spacial score (nSPS) is 11.2. The quantitative estimate of drug-likeness (QED) is 0.626. The van der Waals surface area contributed by atoms with E-state index in [-0.39, 0.29) is 16.6 Å². The van der Waals surface area contributed by atoms with Crippen LogP contribution in [0.1, 0.15) is 20.8 Å². The minimum absolute atomic E-state index is 0.0173. The Bertz CT molecular complexity index is 913. The van der Waals surface area contributed by atoms with Gasteiger partial charge < -0.3 is 5.32 Å². The molecular formula is C15H17N5O5. The molecule has 0 saturated heterocycles. The molecule has 0 aliphatic rings. The monoisotopic (exact) mass is 347 g/mol. The van der Waals surface area contributed by atoms with E-state index in [2.05, 4.69) is 15.6 Å². The Kier molecular flexibility index (Phi) is 4.82. The molecule has 2 N–H and O–H groups in total. The van der Waals surface area contributed by atoms with E-state index in [1.54, 1.807) is 20.8 Å². The average molecular weight is 347 g/mol. The van der Waals surface area contributed by atoms with Crippen molar-refractivity contribution >= 4 is 28.5 Å². The van der Waals surface area contributed by atoms with Crippen molar-refractivity contribution < 1.29 is 14.5 Å². The van der Waals surface area contributed by atoms with Crippen molar-refractivity contribution in [1.29, 1.82) is 0 Å². The maximum Gasteiger partial charge on any atom is 0.321 e. The largest absolute Gasteiger partial charge is 0.333 e. The summed E-state index contributed by atoms with van der Waals surface area (Å²) in [4.78, 5) is 50.1. The summed E-state index contributed by atoms with van der Waals surface area (Å²) < 4.78 is 0.978. The Morgan fingerprint density at radius 3 is 2.60 bits per heavy atom. The van der Waals surface area contributed by atoms with Gasteiger partial charge in [0.25, 0.3) is 11.2 Å². The lowest BCUT2D eigenvalue weighted by Crippen LogP contribution is -2.49. The Labute approximate surface area is 142 Å². The molecule has 10 nitrogen and oxygen atoms in total. The van der Waals surface area contributed by atoms with Crippen LogP contribution in [-0.4, -0.2) is 32.0 Å². The van der Waals surface area contributed by atoms with Gasteiger partial charge >= 0.3 is 6.03 Å². The van der Waals surface area contributed by atoms with Gasteiger partial charge in [0, 0.05) is 17.7 Å². The van der Waals surface area contributed by atoms with Crippen LogP contribution >= 0.6 is 0 Å². The molecule has 0 spiro atoms. The Morgan fingerprint density at radius 1 is 1.32 bits per heavy atom. The zero-order valence-electron chi connectivity index (χ0n) is 13.9. The number of amides is 3. The number of aromatic nitrogens is 2. The lowest BCUT2D eigenvalue weighted by Gasteiger charge is -2.20. The van der Waals surface area contributed by atoms with E-state index in [1.165, 1.54) is 12.1 Å². The number of benzene rings is 1. The molecule has 2 rings (SSSR count). The highest BCUT2D eigenvalue weighted by atomic mass is 16.6. The summed E-state index contributed by atoms with van der Waals surface area (Å²) >= 11 is 0. The number of nitro benzene ring substituents is 1. The molecule has 0 atom stereocenters. The number of hydrogen-bond acceptors (Lipinski definition) is 6. The minimum atomic E-state index is -0.713. The van der Waals surface area contributed by atoms with E-state index in [1.807, 2.05) is 0 Å². The second kappa shape index (κ2) is 6.67. The molecule has 0 saturated carbocycles. The van der Waals surface area contributed by atoms with Gasteiger partial charge in [-0.15, -0.1) is 0 Å². The highest BCUT2D eigenvalue weighted by Crippen LogP contribution is 2.16. The number of hydrogen-bond donors (Lipinski definition) is 2. The average Bonchev–Trinajstić information content (AvgIpc) is 2.47. The maximum absolute atomic E-state index is 12.4. The Hall–Kier alpha value is -3.30. The van der Waals surface area contributed by atoms with E-state index < -0.39 is 34.5 Å². The molecule has 1 heterocycles. The third-order valence-electron chi connectivity index (χ3n) is 3.07. The summed E-state index contributed by atoms with van der Waals surface area (Å²) in [6.45, 7) is 4.81. The molecule has 0 fully saturated rings. The fraction of sp³-hybridized carbons (Fsp3) is 0.333. The molecule has 0 bridgehead atoms. The van der Waals surface area contributed by atoms with Crippen molar-refractivity contribution in [1.82, 2.24) is 20.2 Å². The molecule has 1 aromatic heterocycles. The van der Waals surface area contributed by atoms with Crippen molar-refractivity contribution in [3.63, 3.8) is 0 Å². The van der Waals surface area contributed by atoms with Gasteiger partial charge in [0.15, 0.2) is 0 Å². The second-order valence-corrected chi connectivity index (χ2v) is 6.39. The zero-order valence-corrected chi connectivity index (χ0v) is 13.9. The fourth-order valence-electron chi connectivity index (χ4n) is 2.07. The van der Waals surface area contributed by atoms with Crippen LogP contribution in [0.3, 0.4) is 0 Å². The predicted octanol–water partition coefficient (Wildman–Crippen LogP) is 0.929. The summed E-state index contributed by atoms with van der Waals surface area (Å²) in [5, 5.41) is 15.5. The molecule has 1 aromatic carbocycles. The molecule has 2 aromatic rings. The first-order valence-electron chi connectivity index (χ1n) is 7.32. The Balaban J connectivity index is 2.22. The smallest absolute Gasteiger partial charge is 0.321 e. The summed E-state index contributed by atoms with van der Waals surface area (Å²) in [5.41, 5.74) is -1.11. The van der Waals surface area contributed by atoms with Crippen LogP contribution < -0.4 is 16.2 Å². The first-order chi connectivity index (χ1) is 11.6. The van der Waals surface area contributed by atoms with Crippen molar-refractivity contribution in [2.24, 2.45) is 0 Å². The van der Waals surface area contributed by atoms with Crippen LogP contribution in [0.2, 0.25) is 0 Å². The molecule has 0 unspecified atom stereocenters. The highest BCUT2D eigenvalue weighted by Gasteiger charge is 2.17. The third-order valence-corrected chi connectivity index (χ3v) is 3.07. The topological polar surface area (TPSA) is 136 Å². The molecule has 25 heavy (non-hydrogen) atoms. The van der Waals surface area contributed by atoms with E-state index in [9.17, 15) is 24.5 Å². The minimum Gasteiger partial charge on any atom is -0.333 e. The van der Waals surface area contributed by atoms with Crippen LogP contribution in [0.5, 0.6) is 0 Å². The number of imide groups is 1. The summed E-state index contributed by atoms with van der Waals surface area (Å²) in [7, 11) is 0. The standard InChI is InChI=1S/C15H17N5O5/c1-15(2,3)18-14(23)17-12(21)7-19-8-16-11-5-4-9(20(24)25)6-10(11)13(19)22/h4-6,8H,7H2,1-3H3,(H2,17,18,21,23). The summed E-state index contributed by atoms with van der Waals surface area (Å²) in [5.74, 6) is -0.713. The second-order valence-electron chi connectivity index (χ2n) is 6.39. The third kappa shape index (κ3) is 4.59. The Morgan fingerprint density at radius 2 is 2.00 bits per heavy atom. The van der Waals surface area contributed by atoms with E-state index in [0.717, 1.165) is 17.0 Å². The van der Waals surface area contributed by atoms with Gasteiger partial charge in [-0.2, -0.15) is 0 Å². The van der Waals surface area contributed by atoms with Crippen LogP contribution in [-0.2, 0) is 11.3 Å². The lowest BCUT2D eigenvalue weighted by atomic mass is 10.1. The maximum atomic E-state index is 12.4. The number of nitrogens with zero attached hydrogens (tertiary/aromatic N) is 3. The van der Waals surface area contributed by atoms with Gasteiger partial charge in [-0.05, 0) is 26.8 Å². The zero-order chi connectivity index (χ0) is 18.8. The first kappa shape index (κ1) is 18.0. The van der Waals surface area contributed by atoms with Crippen molar-refractivity contribution in [3.05, 3.63) is 45.0 Å². The number of urea groups is 1. The van der Waals surface area contributed by atoms with Gasteiger partial charge in [0.1, 0.15) is 6.54 Å². The lowest BCUT2D eigenvalue weighted by molar-refractivity contribution is -0.384. The van der Waals surface area contributed by atoms with E-state index in [4.69, 9.17) is 0 Å². The molecule has 0 radical (unpaired) electrons. The number of nitrogens with one attached hydrogen (secondary N) is 2. The molecule has 10 heteroatoms. The molecule has 132 valence electrons. The summed E-state index contributed by atoms with van der Waals surface area (Å²) in [6.07, 6.45) is 1.15. The van der Waals surface area contributed by atoms with Crippen LogP contribution in [0.25, 0.3) is 10.9 Å². The van der Waals surface area contributed by atoms with Gasteiger partial charge in [0.05, 0.1) is 22.2 Å². The first-order valence-corrected chi connectivity index (χ1v) is 7.32. The number of non-ortho nitro benzene ring substituents is 1.